The zero-order chi connectivity index (χ0) is 10.7. The van der Waals surface area contributed by atoms with E-state index in [2.05, 4.69) is 0 Å². The lowest BCUT2D eigenvalue weighted by atomic mass is 9.90. The summed E-state index contributed by atoms with van der Waals surface area (Å²) in [5.41, 5.74) is 2.65. The third-order valence-corrected chi connectivity index (χ3v) is 2.55. The number of methoxy groups -OCH3 is 2. The van der Waals surface area contributed by atoms with Crippen molar-refractivity contribution >= 4 is 5.78 Å². The van der Waals surface area contributed by atoms with Crippen LogP contribution in [0.15, 0.2) is 22.8 Å². The van der Waals surface area contributed by atoms with Gasteiger partial charge in [0.15, 0.2) is 5.78 Å². The first-order valence-corrected chi connectivity index (χ1v) is 4.55. The van der Waals surface area contributed by atoms with Crippen LogP contribution in [0, 0.1) is 0 Å². The maximum Gasteiger partial charge on any atom is 0.181 e. The number of allylic oxidation sites excluding steroid dienone is 2. The third kappa shape index (κ3) is 1.94. The molecule has 14 heavy (non-hydrogen) atoms. The van der Waals surface area contributed by atoms with E-state index in [1.807, 2.05) is 13.8 Å². The number of ether oxygens (including phenoxy) is 2. The molecule has 0 spiro atoms. The zero-order valence-corrected chi connectivity index (χ0v) is 9.09. The number of ketones is 1. The molecule has 0 heterocycles. The average Bonchev–Trinajstić information content (AvgIpc) is 2.16. The molecule has 1 aliphatic rings. The van der Waals surface area contributed by atoms with Gasteiger partial charge in [-0.3, -0.25) is 4.79 Å². The van der Waals surface area contributed by atoms with E-state index in [-0.39, 0.29) is 11.9 Å². The highest BCUT2D eigenvalue weighted by atomic mass is 16.5. The van der Waals surface area contributed by atoms with Crippen molar-refractivity contribution in [1.82, 2.24) is 0 Å². The predicted molar refractivity (Wildman–Crippen MR) is 54.1 cm³/mol. The SMILES string of the molecule is COCC1=CC(=O)C(C)=C(C)C1OC. The van der Waals surface area contributed by atoms with Gasteiger partial charge in [-0.15, -0.1) is 0 Å². The number of carbonyl (C=O) groups excluding carboxylic acids is 1. The molecule has 0 aromatic carbocycles. The first kappa shape index (κ1) is 11.1. The topological polar surface area (TPSA) is 35.5 Å². The fraction of sp³-hybridized carbons (Fsp3) is 0.545. The molecule has 3 nitrogen and oxygen atoms in total. The first-order chi connectivity index (χ1) is 6.61. The Morgan fingerprint density at radius 2 is 2.00 bits per heavy atom. The molecular weight excluding hydrogens is 180 g/mol. The monoisotopic (exact) mass is 196 g/mol. The van der Waals surface area contributed by atoms with Crippen LogP contribution in [0.3, 0.4) is 0 Å². The van der Waals surface area contributed by atoms with Gasteiger partial charge in [-0.2, -0.15) is 0 Å². The lowest BCUT2D eigenvalue weighted by Crippen LogP contribution is -2.25. The Morgan fingerprint density at radius 1 is 1.36 bits per heavy atom. The van der Waals surface area contributed by atoms with Crippen molar-refractivity contribution in [1.29, 1.82) is 0 Å². The van der Waals surface area contributed by atoms with Crippen molar-refractivity contribution in [3.8, 4) is 0 Å². The first-order valence-electron chi connectivity index (χ1n) is 4.55. The number of rotatable bonds is 3. The van der Waals surface area contributed by atoms with Gasteiger partial charge in [0.25, 0.3) is 0 Å². The maximum absolute atomic E-state index is 11.5. The summed E-state index contributed by atoms with van der Waals surface area (Å²) in [6, 6.07) is 0. The second kappa shape index (κ2) is 4.53. The molecule has 0 aromatic rings. The number of hydrogen-bond donors (Lipinski definition) is 0. The molecule has 0 N–H and O–H groups in total. The molecule has 0 bridgehead atoms. The molecule has 0 aliphatic heterocycles. The van der Waals surface area contributed by atoms with Crippen molar-refractivity contribution in [3.63, 3.8) is 0 Å². The van der Waals surface area contributed by atoms with E-state index in [4.69, 9.17) is 9.47 Å². The Balaban J connectivity index is 2.98. The molecule has 0 saturated carbocycles. The van der Waals surface area contributed by atoms with Crippen LogP contribution in [0.4, 0.5) is 0 Å². The summed E-state index contributed by atoms with van der Waals surface area (Å²) in [7, 11) is 3.25. The fourth-order valence-corrected chi connectivity index (χ4v) is 1.63. The van der Waals surface area contributed by atoms with Gasteiger partial charge in [0.2, 0.25) is 0 Å². The van der Waals surface area contributed by atoms with Crippen LogP contribution in [0.5, 0.6) is 0 Å². The highest BCUT2D eigenvalue weighted by Crippen LogP contribution is 2.24. The standard InChI is InChI=1S/C11H16O3/c1-7-8(2)11(14-4)9(6-13-3)5-10(7)12/h5,11H,6H2,1-4H3. The summed E-state index contributed by atoms with van der Waals surface area (Å²) in [5.74, 6) is 0.0582. The van der Waals surface area contributed by atoms with Crippen molar-refractivity contribution in [3.05, 3.63) is 22.8 Å². The maximum atomic E-state index is 11.5. The van der Waals surface area contributed by atoms with Gasteiger partial charge in [-0.1, -0.05) is 0 Å². The summed E-state index contributed by atoms with van der Waals surface area (Å²) in [4.78, 5) is 11.5. The molecule has 1 aliphatic carbocycles. The molecule has 0 saturated heterocycles. The molecule has 1 atom stereocenters. The minimum absolute atomic E-state index is 0.0582. The number of hydrogen-bond acceptors (Lipinski definition) is 3. The Bertz CT molecular complexity index is 300. The van der Waals surface area contributed by atoms with Gasteiger partial charge in [-0.25, -0.2) is 0 Å². The lowest BCUT2D eigenvalue weighted by Gasteiger charge is -2.24. The van der Waals surface area contributed by atoms with Crippen molar-refractivity contribution in [2.45, 2.75) is 20.0 Å². The second-order valence-electron chi connectivity index (χ2n) is 3.44. The van der Waals surface area contributed by atoms with Crippen LogP contribution in [0.25, 0.3) is 0 Å². The summed E-state index contributed by atoms with van der Waals surface area (Å²) in [6.07, 6.45) is 1.51. The van der Waals surface area contributed by atoms with E-state index in [9.17, 15) is 4.79 Å². The molecule has 1 unspecified atom stereocenters. The van der Waals surface area contributed by atoms with Gasteiger partial charge in [-0.05, 0) is 36.6 Å². The van der Waals surface area contributed by atoms with Crippen LogP contribution in [-0.2, 0) is 14.3 Å². The largest absolute Gasteiger partial charge is 0.380 e. The second-order valence-corrected chi connectivity index (χ2v) is 3.44. The zero-order valence-electron chi connectivity index (χ0n) is 9.09. The van der Waals surface area contributed by atoms with Gasteiger partial charge >= 0.3 is 0 Å². The highest BCUT2D eigenvalue weighted by molar-refractivity contribution is 6.06. The third-order valence-electron chi connectivity index (χ3n) is 2.55. The quantitative estimate of drug-likeness (QED) is 0.686. The Kier molecular flexibility index (Phi) is 3.61. The molecule has 0 fully saturated rings. The van der Waals surface area contributed by atoms with E-state index in [0.717, 1.165) is 16.7 Å². The highest BCUT2D eigenvalue weighted by Gasteiger charge is 2.24. The molecule has 1 rings (SSSR count). The van der Waals surface area contributed by atoms with Crippen LogP contribution < -0.4 is 0 Å². The van der Waals surface area contributed by atoms with E-state index < -0.39 is 0 Å². The van der Waals surface area contributed by atoms with Gasteiger partial charge in [0.1, 0.15) is 6.10 Å². The molecular formula is C11H16O3. The molecule has 0 aromatic heterocycles. The molecule has 78 valence electrons. The Hall–Kier alpha value is -0.930. The summed E-state index contributed by atoms with van der Waals surface area (Å²) >= 11 is 0. The van der Waals surface area contributed by atoms with Crippen molar-refractivity contribution in [2.24, 2.45) is 0 Å². The Labute approximate surface area is 84.4 Å². The van der Waals surface area contributed by atoms with E-state index in [0.29, 0.717) is 6.61 Å². The van der Waals surface area contributed by atoms with Crippen LogP contribution >= 0.6 is 0 Å². The van der Waals surface area contributed by atoms with Gasteiger partial charge in [0, 0.05) is 14.2 Å². The minimum atomic E-state index is -0.104. The summed E-state index contributed by atoms with van der Waals surface area (Å²) < 4.78 is 10.4. The van der Waals surface area contributed by atoms with Crippen molar-refractivity contribution < 1.29 is 14.3 Å². The molecule has 3 heteroatoms. The van der Waals surface area contributed by atoms with Crippen LogP contribution in [0.1, 0.15) is 13.8 Å². The molecule has 0 amide bonds. The Morgan fingerprint density at radius 3 is 2.50 bits per heavy atom. The lowest BCUT2D eigenvalue weighted by molar-refractivity contribution is -0.111. The fourth-order valence-electron chi connectivity index (χ4n) is 1.63. The van der Waals surface area contributed by atoms with Gasteiger partial charge in [0.05, 0.1) is 6.61 Å². The number of carbonyl (C=O) groups is 1. The van der Waals surface area contributed by atoms with E-state index in [1.54, 1.807) is 20.3 Å². The normalized spacial score (nSPS) is 22.7. The van der Waals surface area contributed by atoms with Crippen molar-refractivity contribution in [2.75, 3.05) is 20.8 Å². The minimum Gasteiger partial charge on any atom is -0.380 e. The van der Waals surface area contributed by atoms with E-state index >= 15 is 0 Å². The van der Waals surface area contributed by atoms with Crippen LogP contribution in [-0.4, -0.2) is 32.7 Å². The summed E-state index contributed by atoms with van der Waals surface area (Å²) in [6.45, 7) is 4.18. The smallest absolute Gasteiger partial charge is 0.181 e. The molecule has 0 radical (unpaired) electrons. The van der Waals surface area contributed by atoms with Crippen LogP contribution in [0.2, 0.25) is 0 Å². The van der Waals surface area contributed by atoms with Gasteiger partial charge < -0.3 is 9.47 Å². The van der Waals surface area contributed by atoms with E-state index in [1.165, 1.54) is 0 Å². The summed E-state index contributed by atoms with van der Waals surface area (Å²) in [5, 5.41) is 0. The average molecular weight is 196 g/mol. The predicted octanol–water partition coefficient (Wildman–Crippen LogP) is 1.49.